The van der Waals surface area contributed by atoms with Crippen molar-refractivity contribution in [3.8, 4) is 5.75 Å². The number of aromatic nitrogens is 2. The normalized spacial score (nSPS) is 10.9. The average molecular weight is 252 g/mol. The highest BCUT2D eigenvalue weighted by Crippen LogP contribution is 2.21. The molecule has 0 aliphatic carbocycles. The van der Waals surface area contributed by atoms with Gasteiger partial charge in [0.05, 0.1) is 19.3 Å². The van der Waals surface area contributed by atoms with Crippen molar-refractivity contribution in [1.29, 1.82) is 0 Å². The Bertz CT molecular complexity index is 520. The maximum atomic E-state index is 12.8. The Hall–Kier alpha value is -1.91. The molecule has 0 N–H and O–H groups in total. The number of nitrogens with zero attached hydrogens (tertiary/aromatic N) is 2. The Balaban J connectivity index is 2.22. The molecule has 0 aliphatic rings. The zero-order chi connectivity index (χ0) is 13.1. The highest BCUT2D eigenvalue weighted by Gasteiger charge is 2.15. The maximum Gasteiger partial charge on any atom is 0.280 e. The van der Waals surface area contributed by atoms with Crippen LogP contribution in [-0.2, 0) is 6.54 Å². The largest absolute Gasteiger partial charge is 0.497 e. The van der Waals surface area contributed by atoms with E-state index in [0.29, 0.717) is 12.2 Å². The predicted molar refractivity (Wildman–Crippen MR) is 64.0 cm³/mol. The molecule has 1 aromatic heterocycles. The summed E-state index contributed by atoms with van der Waals surface area (Å²) in [5.41, 5.74) is 1.45. The summed E-state index contributed by atoms with van der Waals surface area (Å²) < 4.78 is 31.9. The Kier molecular flexibility index (Phi) is 3.60. The van der Waals surface area contributed by atoms with Crippen LogP contribution < -0.4 is 4.74 Å². The van der Waals surface area contributed by atoms with Gasteiger partial charge in [-0.05, 0) is 30.7 Å². The molecule has 0 unspecified atom stereocenters. The number of hydrogen-bond donors (Lipinski definition) is 0. The van der Waals surface area contributed by atoms with Crippen molar-refractivity contribution < 1.29 is 13.5 Å². The van der Waals surface area contributed by atoms with Gasteiger partial charge in [-0.15, -0.1) is 0 Å². The van der Waals surface area contributed by atoms with Gasteiger partial charge >= 0.3 is 0 Å². The number of aryl methyl sites for hydroxylation is 1. The number of rotatable bonds is 4. The van der Waals surface area contributed by atoms with E-state index in [9.17, 15) is 8.78 Å². The van der Waals surface area contributed by atoms with Crippen LogP contribution in [0.15, 0.2) is 30.3 Å². The van der Waals surface area contributed by atoms with E-state index < -0.39 is 6.43 Å². The molecule has 2 aromatic rings. The van der Waals surface area contributed by atoms with E-state index in [1.54, 1.807) is 26.2 Å². The van der Waals surface area contributed by atoms with Crippen molar-refractivity contribution in [2.45, 2.75) is 19.9 Å². The zero-order valence-corrected chi connectivity index (χ0v) is 10.2. The van der Waals surface area contributed by atoms with Crippen molar-refractivity contribution in [2.75, 3.05) is 7.11 Å². The summed E-state index contributed by atoms with van der Waals surface area (Å²) in [6.45, 7) is 2.04. The topological polar surface area (TPSA) is 27.1 Å². The number of halogens is 2. The molecule has 5 heteroatoms. The van der Waals surface area contributed by atoms with Crippen LogP contribution in [0.5, 0.6) is 5.75 Å². The summed E-state index contributed by atoms with van der Waals surface area (Å²) in [4.78, 5) is 0. The number of alkyl halides is 2. The minimum Gasteiger partial charge on any atom is -0.497 e. The van der Waals surface area contributed by atoms with Crippen LogP contribution in [0.4, 0.5) is 8.78 Å². The van der Waals surface area contributed by atoms with Gasteiger partial charge in [0.15, 0.2) is 0 Å². The quantitative estimate of drug-likeness (QED) is 0.835. The molecular weight excluding hydrogens is 238 g/mol. The van der Waals surface area contributed by atoms with Crippen LogP contribution in [0.2, 0.25) is 0 Å². The Morgan fingerprint density at radius 1 is 1.28 bits per heavy atom. The Morgan fingerprint density at radius 2 is 1.94 bits per heavy atom. The molecule has 0 spiro atoms. The van der Waals surface area contributed by atoms with Crippen molar-refractivity contribution >= 4 is 0 Å². The highest BCUT2D eigenvalue weighted by atomic mass is 19.3. The number of ether oxygens (including phenoxy) is 1. The summed E-state index contributed by atoms with van der Waals surface area (Å²) in [6, 6.07) is 8.69. The van der Waals surface area contributed by atoms with Gasteiger partial charge in [0.2, 0.25) is 0 Å². The molecule has 1 heterocycles. The fourth-order valence-corrected chi connectivity index (χ4v) is 1.77. The molecular formula is C13H14F2N2O. The number of methoxy groups -OCH3 is 1. The predicted octanol–water partition coefficient (Wildman–Crippen LogP) is 3.19. The fourth-order valence-electron chi connectivity index (χ4n) is 1.77. The van der Waals surface area contributed by atoms with E-state index in [1.807, 2.05) is 12.1 Å². The SMILES string of the molecule is COc1ccc(Cn2nc(C)cc2C(F)F)cc1. The first kappa shape index (κ1) is 12.5. The van der Waals surface area contributed by atoms with Crippen LogP contribution in [0.1, 0.15) is 23.4 Å². The molecule has 0 saturated heterocycles. The maximum absolute atomic E-state index is 12.8. The molecule has 0 atom stereocenters. The van der Waals surface area contributed by atoms with Gasteiger partial charge in [-0.2, -0.15) is 5.10 Å². The molecule has 0 amide bonds. The molecule has 0 saturated carbocycles. The average Bonchev–Trinajstić information content (AvgIpc) is 2.71. The molecule has 0 fully saturated rings. The second kappa shape index (κ2) is 5.16. The third-order valence-electron chi connectivity index (χ3n) is 2.65. The Morgan fingerprint density at radius 3 is 2.50 bits per heavy atom. The van der Waals surface area contributed by atoms with Crippen molar-refractivity contribution in [1.82, 2.24) is 9.78 Å². The lowest BCUT2D eigenvalue weighted by atomic mass is 10.2. The van der Waals surface area contributed by atoms with E-state index in [2.05, 4.69) is 5.10 Å². The summed E-state index contributed by atoms with van der Waals surface area (Å²) in [6.07, 6.45) is -2.51. The molecule has 3 nitrogen and oxygen atoms in total. The van der Waals surface area contributed by atoms with E-state index in [4.69, 9.17) is 4.74 Å². The van der Waals surface area contributed by atoms with Gasteiger partial charge in [0.25, 0.3) is 6.43 Å². The van der Waals surface area contributed by atoms with E-state index >= 15 is 0 Å². The van der Waals surface area contributed by atoms with Crippen molar-refractivity contribution in [3.63, 3.8) is 0 Å². The fraction of sp³-hybridized carbons (Fsp3) is 0.308. The summed E-state index contributed by atoms with van der Waals surface area (Å²) in [5, 5.41) is 4.08. The highest BCUT2D eigenvalue weighted by molar-refractivity contribution is 5.27. The van der Waals surface area contributed by atoms with E-state index in [1.165, 1.54) is 10.7 Å². The zero-order valence-electron chi connectivity index (χ0n) is 10.2. The van der Waals surface area contributed by atoms with Crippen LogP contribution in [0, 0.1) is 6.92 Å². The molecule has 1 aromatic carbocycles. The lowest BCUT2D eigenvalue weighted by Crippen LogP contribution is -2.06. The second-order valence-electron chi connectivity index (χ2n) is 4.02. The Labute approximate surface area is 104 Å². The monoisotopic (exact) mass is 252 g/mol. The van der Waals surface area contributed by atoms with Gasteiger partial charge in [0, 0.05) is 0 Å². The van der Waals surface area contributed by atoms with Crippen molar-refractivity contribution in [2.24, 2.45) is 0 Å². The summed E-state index contributed by atoms with van der Waals surface area (Å²) >= 11 is 0. The van der Waals surface area contributed by atoms with Crippen LogP contribution in [0.25, 0.3) is 0 Å². The third-order valence-corrected chi connectivity index (χ3v) is 2.65. The van der Waals surface area contributed by atoms with Gasteiger partial charge in [-0.25, -0.2) is 8.78 Å². The molecule has 0 radical (unpaired) electrons. The number of hydrogen-bond acceptors (Lipinski definition) is 2. The minimum atomic E-state index is -2.51. The van der Waals surface area contributed by atoms with Gasteiger partial charge in [-0.3, -0.25) is 4.68 Å². The van der Waals surface area contributed by atoms with Gasteiger partial charge < -0.3 is 4.74 Å². The smallest absolute Gasteiger partial charge is 0.280 e. The van der Waals surface area contributed by atoms with Crippen molar-refractivity contribution in [3.05, 3.63) is 47.3 Å². The first-order valence-corrected chi connectivity index (χ1v) is 5.55. The van der Waals surface area contributed by atoms with E-state index in [-0.39, 0.29) is 5.69 Å². The molecule has 0 bridgehead atoms. The van der Waals surface area contributed by atoms with Crippen LogP contribution >= 0.6 is 0 Å². The van der Waals surface area contributed by atoms with Gasteiger partial charge in [0.1, 0.15) is 11.4 Å². The first-order chi connectivity index (χ1) is 8.60. The third kappa shape index (κ3) is 2.67. The molecule has 2 rings (SSSR count). The molecule has 96 valence electrons. The summed E-state index contributed by atoms with van der Waals surface area (Å²) in [7, 11) is 1.58. The van der Waals surface area contributed by atoms with Crippen LogP contribution in [-0.4, -0.2) is 16.9 Å². The minimum absolute atomic E-state index is 0.0525. The second-order valence-corrected chi connectivity index (χ2v) is 4.02. The van der Waals surface area contributed by atoms with E-state index in [0.717, 1.165) is 11.3 Å². The lowest BCUT2D eigenvalue weighted by molar-refractivity contribution is 0.140. The molecule has 0 aliphatic heterocycles. The van der Waals surface area contributed by atoms with Gasteiger partial charge in [-0.1, -0.05) is 12.1 Å². The first-order valence-electron chi connectivity index (χ1n) is 5.55. The lowest BCUT2D eigenvalue weighted by Gasteiger charge is -2.07. The summed E-state index contributed by atoms with van der Waals surface area (Å²) in [5.74, 6) is 0.740. The molecule has 18 heavy (non-hydrogen) atoms. The standard InChI is InChI=1S/C13H14F2N2O/c1-9-7-12(13(14)15)17(16-9)8-10-3-5-11(18-2)6-4-10/h3-7,13H,8H2,1-2H3. The van der Waals surface area contributed by atoms with Crippen LogP contribution in [0.3, 0.4) is 0 Å². The number of benzene rings is 1.